The van der Waals surface area contributed by atoms with E-state index in [4.69, 9.17) is 10.5 Å². The van der Waals surface area contributed by atoms with Crippen LogP contribution in [0.4, 0.5) is 5.69 Å². The fraction of sp³-hybridized carbons (Fsp3) is 0.552. The second kappa shape index (κ2) is 12.2. The lowest BCUT2D eigenvalue weighted by atomic mass is 9.87. The Balaban J connectivity index is 1.72. The summed E-state index contributed by atoms with van der Waals surface area (Å²) in [6.45, 7) is 9.51. The lowest BCUT2D eigenvalue weighted by molar-refractivity contribution is -0.118. The maximum atomic E-state index is 11.7. The van der Waals surface area contributed by atoms with Gasteiger partial charge in [0.05, 0.1) is 18.8 Å². The summed E-state index contributed by atoms with van der Waals surface area (Å²) in [4.78, 5) is 14.2. The molecule has 1 aliphatic rings. The molecule has 0 bridgehead atoms. The van der Waals surface area contributed by atoms with Crippen molar-refractivity contribution >= 4 is 11.5 Å². The molecule has 0 amide bonds. The van der Waals surface area contributed by atoms with Gasteiger partial charge in [0, 0.05) is 19.5 Å². The third kappa shape index (κ3) is 7.89. The normalized spacial score (nSPS) is 17.9. The molecule has 4 heteroatoms. The summed E-state index contributed by atoms with van der Waals surface area (Å²) in [6, 6.07) is 17.5. The van der Waals surface area contributed by atoms with Crippen molar-refractivity contribution < 1.29 is 9.53 Å². The molecule has 0 radical (unpaired) electrons. The lowest BCUT2D eigenvalue weighted by Crippen LogP contribution is -2.25. The van der Waals surface area contributed by atoms with E-state index in [1.807, 2.05) is 0 Å². The second-order valence-electron chi connectivity index (χ2n) is 10.5. The number of ketones is 1. The number of benzene rings is 2. The van der Waals surface area contributed by atoms with Crippen molar-refractivity contribution in [3.05, 3.63) is 59.7 Å². The smallest absolute Gasteiger partial charge is 0.146 e. The molecule has 33 heavy (non-hydrogen) atoms. The largest absolute Gasteiger partial charge is 0.491 e. The Labute approximate surface area is 200 Å². The van der Waals surface area contributed by atoms with E-state index in [1.54, 1.807) is 0 Å². The van der Waals surface area contributed by atoms with Crippen LogP contribution in [0.1, 0.15) is 76.8 Å². The number of carbonyl (C=O) groups is 1. The Hall–Kier alpha value is -2.33. The summed E-state index contributed by atoms with van der Waals surface area (Å²) < 4.78 is 6.30. The van der Waals surface area contributed by atoms with Crippen LogP contribution < -0.4 is 15.4 Å². The van der Waals surface area contributed by atoms with Gasteiger partial charge in [-0.1, -0.05) is 76.4 Å². The number of Topliss-reactive ketones (excluding diaryl/α,β-unsaturated/α-hetero) is 1. The standard InChI is InChI=1S/C29H42N2O2/c1-29(2,3)25-15-12-24(13-16-25)22-31-19-8-4-5-9-23(14-17-26(32)21-30)18-20-33-28-11-7-6-10-27(28)31/h6-7,10-13,15-16,23H,4-5,8-9,14,17-22,30H2,1-3H3. The van der Waals surface area contributed by atoms with Crippen molar-refractivity contribution in [3.8, 4) is 5.75 Å². The van der Waals surface area contributed by atoms with Crippen LogP contribution in [-0.4, -0.2) is 25.5 Å². The first-order valence-corrected chi connectivity index (χ1v) is 12.6. The minimum atomic E-state index is 0.158. The van der Waals surface area contributed by atoms with Crippen LogP contribution in [-0.2, 0) is 16.8 Å². The van der Waals surface area contributed by atoms with Crippen molar-refractivity contribution in [1.29, 1.82) is 0 Å². The van der Waals surface area contributed by atoms with Gasteiger partial charge in [0.1, 0.15) is 11.5 Å². The van der Waals surface area contributed by atoms with Crippen LogP contribution in [0, 0.1) is 5.92 Å². The number of nitrogens with two attached hydrogens (primary N) is 1. The molecule has 1 aliphatic heterocycles. The Kier molecular flexibility index (Phi) is 9.37. The van der Waals surface area contributed by atoms with E-state index in [-0.39, 0.29) is 17.7 Å². The predicted octanol–water partition coefficient (Wildman–Crippen LogP) is 6.26. The van der Waals surface area contributed by atoms with Gasteiger partial charge in [-0.2, -0.15) is 0 Å². The summed E-state index contributed by atoms with van der Waals surface area (Å²) in [5.41, 5.74) is 9.53. The highest BCUT2D eigenvalue weighted by atomic mass is 16.5. The first kappa shape index (κ1) is 25.3. The van der Waals surface area contributed by atoms with Crippen LogP contribution in [0.3, 0.4) is 0 Å². The van der Waals surface area contributed by atoms with E-state index in [0.717, 1.165) is 44.5 Å². The highest BCUT2D eigenvalue weighted by molar-refractivity contribution is 5.80. The molecule has 4 nitrogen and oxygen atoms in total. The molecule has 0 aliphatic carbocycles. The lowest BCUT2D eigenvalue weighted by Gasteiger charge is -2.29. The molecule has 1 unspecified atom stereocenters. The first-order chi connectivity index (χ1) is 15.9. The van der Waals surface area contributed by atoms with Crippen molar-refractivity contribution in [1.82, 2.24) is 0 Å². The number of nitrogens with zero attached hydrogens (tertiary/aromatic N) is 1. The SMILES string of the molecule is CC(C)(C)c1ccc(CN2CCCCCC(CCC(=O)CN)CCOc3ccccc32)cc1. The van der Waals surface area contributed by atoms with Gasteiger partial charge in [-0.3, -0.25) is 4.79 Å². The Morgan fingerprint density at radius 3 is 2.52 bits per heavy atom. The van der Waals surface area contributed by atoms with Crippen LogP contribution in [0.25, 0.3) is 0 Å². The van der Waals surface area contributed by atoms with Crippen LogP contribution >= 0.6 is 0 Å². The monoisotopic (exact) mass is 450 g/mol. The van der Waals surface area contributed by atoms with E-state index in [0.29, 0.717) is 18.9 Å². The molecule has 1 atom stereocenters. The number of para-hydroxylation sites is 2. The summed E-state index contributed by atoms with van der Waals surface area (Å²) in [7, 11) is 0. The minimum Gasteiger partial charge on any atom is -0.491 e. The molecule has 1 heterocycles. The molecule has 2 aromatic carbocycles. The molecule has 2 aromatic rings. The van der Waals surface area contributed by atoms with Gasteiger partial charge in [0.2, 0.25) is 0 Å². The number of anilines is 1. The number of hydrogen-bond donors (Lipinski definition) is 1. The van der Waals surface area contributed by atoms with E-state index in [9.17, 15) is 4.79 Å². The fourth-order valence-corrected chi connectivity index (χ4v) is 4.60. The Morgan fingerprint density at radius 1 is 1.03 bits per heavy atom. The molecule has 0 saturated carbocycles. The number of rotatable bonds is 6. The third-order valence-electron chi connectivity index (χ3n) is 6.78. The summed E-state index contributed by atoms with van der Waals surface area (Å²) in [6.07, 6.45) is 7.25. The van der Waals surface area contributed by atoms with Crippen LogP contribution in [0.15, 0.2) is 48.5 Å². The molecule has 0 aromatic heterocycles. The Morgan fingerprint density at radius 2 is 1.79 bits per heavy atom. The van der Waals surface area contributed by atoms with E-state index >= 15 is 0 Å². The maximum Gasteiger partial charge on any atom is 0.146 e. The summed E-state index contributed by atoms with van der Waals surface area (Å²) >= 11 is 0. The number of carbonyl (C=O) groups excluding carboxylic acids is 1. The molecule has 3 rings (SSSR count). The van der Waals surface area contributed by atoms with Gasteiger partial charge in [0.25, 0.3) is 0 Å². The van der Waals surface area contributed by atoms with Gasteiger partial charge in [-0.05, 0) is 53.9 Å². The van der Waals surface area contributed by atoms with Gasteiger partial charge in [-0.15, -0.1) is 0 Å². The topological polar surface area (TPSA) is 55.6 Å². The second-order valence-corrected chi connectivity index (χ2v) is 10.5. The predicted molar refractivity (Wildman–Crippen MR) is 138 cm³/mol. The highest BCUT2D eigenvalue weighted by Gasteiger charge is 2.17. The van der Waals surface area contributed by atoms with Crippen molar-refractivity contribution in [2.45, 2.75) is 77.7 Å². The summed E-state index contributed by atoms with van der Waals surface area (Å²) in [5.74, 6) is 1.66. The van der Waals surface area contributed by atoms with E-state index < -0.39 is 0 Å². The molecule has 0 spiro atoms. The number of fused-ring (bicyclic) bond motifs is 1. The fourth-order valence-electron chi connectivity index (χ4n) is 4.60. The van der Waals surface area contributed by atoms with Crippen molar-refractivity contribution in [2.75, 3.05) is 24.6 Å². The van der Waals surface area contributed by atoms with Crippen molar-refractivity contribution in [2.24, 2.45) is 11.7 Å². The van der Waals surface area contributed by atoms with Crippen LogP contribution in [0.5, 0.6) is 5.75 Å². The van der Waals surface area contributed by atoms with Gasteiger partial charge < -0.3 is 15.4 Å². The molecule has 180 valence electrons. The van der Waals surface area contributed by atoms with Crippen LogP contribution in [0.2, 0.25) is 0 Å². The zero-order valence-electron chi connectivity index (χ0n) is 20.8. The zero-order valence-corrected chi connectivity index (χ0v) is 20.8. The van der Waals surface area contributed by atoms with E-state index in [2.05, 4.69) is 74.2 Å². The van der Waals surface area contributed by atoms with Gasteiger partial charge in [-0.25, -0.2) is 0 Å². The van der Waals surface area contributed by atoms with Gasteiger partial charge >= 0.3 is 0 Å². The molecule has 0 fully saturated rings. The zero-order chi connectivity index (χ0) is 23.7. The minimum absolute atomic E-state index is 0.158. The van der Waals surface area contributed by atoms with Crippen molar-refractivity contribution in [3.63, 3.8) is 0 Å². The average Bonchev–Trinajstić information content (AvgIpc) is 2.80. The Bertz CT molecular complexity index is 870. The molecular weight excluding hydrogens is 408 g/mol. The highest BCUT2D eigenvalue weighted by Crippen LogP contribution is 2.32. The molecular formula is C29H42N2O2. The quantitative estimate of drug-likeness (QED) is 0.564. The summed E-state index contributed by atoms with van der Waals surface area (Å²) in [5, 5.41) is 0. The maximum absolute atomic E-state index is 11.7. The van der Waals surface area contributed by atoms with E-state index in [1.165, 1.54) is 29.7 Å². The first-order valence-electron chi connectivity index (χ1n) is 12.6. The van der Waals surface area contributed by atoms with Gasteiger partial charge in [0.15, 0.2) is 0 Å². The number of hydrogen-bond acceptors (Lipinski definition) is 4. The molecule has 2 N–H and O–H groups in total. The average molecular weight is 451 g/mol. The number of ether oxygens (including phenoxy) is 1. The molecule has 0 saturated heterocycles. The third-order valence-corrected chi connectivity index (χ3v) is 6.78.